The van der Waals surface area contributed by atoms with Crippen molar-refractivity contribution in [3.8, 4) is 0 Å². The van der Waals surface area contributed by atoms with Gasteiger partial charge in [0, 0.05) is 26.3 Å². The molecule has 0 aromatic rings. The second kappa shape index (κ2) is 4.69. The standard InChI is InChI=1S/C13H24BNO/c14-13(10-4-6-16-7-5-10)15-8-11-2-1-3-12(11)9-15/h10-13H,1-9,14H2. The fourth-order valence-electron chi connectivity index (χ4n) is 4.10. The lowest BCUT2D eigenvalue weighted by Gasteiger charge is -2.34. The zero-order valence-corrected chi connectivity index (χ0v) is 10.5. The minimum Gasteiger partial charge on any atom is -0.381 e. The summed E-state index contributed by atoms with van der Waals surface area (Å²) in [5, 5.41) is 0. The summed E-state index contributed by atoms with van der Waals surface area (Å²) in [4.78, 5) is 2.78. The number of hydrogen-bond donors (Lipinski definition) is 0. The van der Waals surface area contributed by atoms with Crippen molar-refractivity contribution >= 4 is 7.85 Å². The van der Waals surface area contributed by atoms with E-state index in [1.165, 1.54) is 45.2 Å². The molecule has 2 nitrogen and oxygen atoms in total. The first-order valence-electron chi connectivity index (χ1n) is 7.16. The Balaban J connectivity index is 1.56. The molecule has 0 amide bonds. The number of nitrogens with zero attached hydrogens (tertiary/aromatic N) is 1. The van der Waals surface area contributed by atoms with Crippen molar-refractivity contribution in [2.24, 2.45) is 17.8 Å². The first-order chi connectivity index (χ1) is 7.84. The molecule has 0 aromatic carbocycles. The highest BCUT2D eigenvalue weighted by Crippen LogP contribution is 2.39. The van der Waals surface area contributed by atoms with E-state index in [2.05, 4.69) is 12.7 Å². The van der Waals surface area contributed by atoms with E-state index in [-0.39, 0.29) is 0 Å². The summed E-state index contributed by atoms with van der Waals surface area (Å²) < 4.78 is 5.47. The molecule has 0 spiro atoms. The van der Waals surface area contributed by atoms with Gasteiger partial charge in [0.25, 0.3) is 0 Å². The molecule has 90 valence electrons. The van der Waals surface area contributed by atoms with E-state index in [0.717, 1.165) is 36.9 Å². The van der Waals surface area contributed by atoms with Crippen LogP contribution in [0.4, 0.5) is 0 Å². The van der Waals surface area contributed by atoms with E-state index in [1.807, 2.05) is 0 Å². The number of ether oxygens (including phenoxy) is 1. The van der Waals surface area contributed by atoms with Crippen LogP contribution < -0.4 is 0 Å². The maximum absolute atomic E-state index is 5.47. The van der Waals surface area contributed by atoms with Crippen LogP contribution in [0.25, 0.3) is 0 Å². The average Bonchev–Trinajstić information content (AvgIpc) is 2.89. The molecule has 3 heteroatoms. The van der Waals surface area contributed by atoms with Crippen LogP contribution in [0.1, 0.15) is 32.1 Å². The van der Waals surface area contributed by atoms with Gasteiger partial charge in [-0.25, -0.2) is 0 Å². The predicted octanol–water partition coefficient (Wildman–Crippen LogP) is 1.10. The van der Waals surface area contributed by atoms with Gasteiger partial charge < -0.3 is 9.64 Å². The molecule has 1 aliphatic carbocycles. The summed E-state index contributed by atoms with van der Waals surface area (Å²) in [6.45, 7) is 4.78. The summed E-state index contributed by atoms with van der Waals surface area (Å²) >= 11 is 0. The molecule has 3 rings (SSSR count). The molecular weight excluding hydrogens is 197 g/mol. The van der Waals surface area contributed by atoms with Gasteiger partial charge >= 0.3 is 0 Å². The molecule has 0 N–H and O–H groups in total. The quantitative estimate of drug-likeness (QED) is 0.647. The van der Waals surface area contributed by atoms with Crippen molar-refractivity contribution in [1.82, 2.24) is 4.90 Å². The Morgan fingerprint density at radius 1 is 1.00 bits per heavy atom. The Bertz CT molecular complexity index is 230. The van der Waals surface area contributed by atoms with Gasteiger partial charge in [0.05, 0.1) is 0 Å². The first kappa shape index (κ1) is 11.1. The Kier molecular flexibility index (Phi) is 3.26. The van der Waals surface area contributed by atoms with E-state index in [9.17, 15) is 0 Å². The number of likely N-dealkylation sites (tertiary alicyclic amines) is 1. The van der Waals surface area contributed by atoms with E-state index in [0.29, 0.717) is 0 Å². The highest BCUT2D eigenvalue weighted by Gasteiger charge is 2.39. The van der Waals surface area contributed by atoms with Gasteiger partial charge in [-0.3, -0.25) is 0 Å². The van der Waals surface area contributed by atoms with Crippen molar-refractivity contribution in [2.75, 3.05) is 26.3 Å². The van der Waals surface area contributed by atoms with Gasteiger partial charge in [-0.15, -0.1) is 0 Å². The summed E-state index contributed by atoms with van der Waals surface area (Å²) in [6, 6.07) is 0. The average molecular weight is 221 g/mol. The smallest absolute Gasteiger partial charge is 0.124 e. The van der Waals surface area contributed by atoms with Crippen LogP contribution in [0.15, 0.2) is 0 Å². The zero-order valence-electron chi connectivity index (χ0n) is 10.5. The number of rotatable bonds is 2. The van der Waals surface area contributed by atoms with Gasteiger partial charge in [0.2, 0.25) is 0 Å². The van der Waals surface area contributed by atoms with Crippen molar-refractivity contribution in [2.45, 2.75) is 38.0 Å². The molecule has 2 heterocycles. The van der Waals surface area contributed by atoms with E-state index in [1.54, 1.807) is 0 Å². The molecule has 1 saturated carbocycles. The lowest BCUT2D eigenvalue weighted by atomic mass is 9.78. The molecule has 3 fully saturated rings. The maximum atomic E-state index is 5.47. The van der Waals surface area contributed by atoms with Gasteiger partial charge in [-0.1, -0.05) is 6.42 Å². The van der Waals surface area contributed by atoms with Crippen molar-refractivity contribution in [1.29, 1.82) is 0 Å². The molecule has 16 heavy (non-hydrogen) atoms. The second-order valence-electron chi connectivity index (χ2n) is 6.10. The molecule has 2 saturated heterocycles. The molecule has 2 aliphatic heterocycles. The summed E-state index contributed by atoms with van der Waals surface area (Å²) in [5.74, 6) is 3.78. The lowest BCUT2D eigenvalue weighted by molar-refractivity contribution is 0.0468. The molecular formula is C13H24BNO. The van der Waals surface area contributed by atoms with Crippen LogP contribution in [0.3, 0.4) is 0 Å². The number of fused-ring (bicyclic) bond motifs is 1. The summed E-state index contributed by atoms with van der Waals surface area (Å²) in [5.41, 5.74) is 0. The van der Waals surface area contributed by atoms with Crippen molar-refractivity contribution in [3.63, 3.8) is 0 Å². The Hall–Kier alpha value is -0.0151. The zero-order chi connectivity index (χ0) is 11.0. The normalized spacial score (nSPS) is 38.8. The number of hydrogen-bond acceptors (Lipinski definition) is 2. The van der Waals surface area contributed by atoms with Crippen molar-refractivity contribution < 1.29 is 4.74 Å². The SMILES string of the molecule is BC(C1CCOCC1)N1CC2CCCC2C1. The van der Waals surface area contributed by atoms with Crippen LogP contribution in [0.2, 0.25) is 0 Å². The highest BCUT2D eigenvalue weighted by atomic mass is 16.5. The minimum absolute atomic E-state index is 0.800. The van der Waals surface area contributed by atoms with Gasteiger partial charge in [0.1, 0.15) is 7.85 Å². The predicted molar refractivity (Wildman–Crippen MR) is 68.3 cm³/mol. The summed E-state index contributed by atoms with van der Waals surface area (Å²) in [7, 11) is 2.46. The van der Waals surface area contributed by atoms with Crippen LogP contribution in [0, 0.1) is 17.8 Å². The van der Waals surface area contributed by atoms with Crippen LogP contribution in [0.5, 0.6) is 0 Å². The molecule has 3 atom stereocenters. The Labute approximate surface area is 100 Å². The second-order valence-corrected chi connectivity index (χ2v) is 6.10. The van der Waals surface area contributed by atoms with Crippen LogP contribution in [-0.4, -0.2) is 45.0 Å². The van der Waals surface area contributed by atoms with Crippen molar-refractivity contribution in [3.05, 3.63) is 0 Å². The molecule has 0 aromatic heterocycles. The fourth-order valence-corrected chi connectivity index (χ4v) is 4.10. The van der Waals surface area contributed by atoms with Gasteiger partial charge in [-0.2, -0.15) is 0 Å². The van der Waals surface area contributed by atoms with Crippen LogP contribution >= 0.6 is 0 Å². The third kappa shape index (κ3) is 2.04. The highest BCUT2D eigenvalue weighted by molar-refractivity contribution is 6.11. The summed E-state index contributed by atoms with van der Waals surface area (Å²) in [6.07, 6.45) is 7.07. The van der Waals surface area contributed by atoms with Gasteiger partial charge in [-0.05, 0) is 49.4 Å². The Morgan fingerprint density at radius 3 is 2.25 bits per heavy atom. The monoisotopic (exact) mass is 221 g/mol. The first-order valence-corrected chi connectivity index (χ1v) is 7.16. The Morgan fingerprint density at radius 2 is 1.62 bits per heavy atom. The third-order valence-electron chi connectivity index (χ3n) is 5.28. The van der Waals surface area contributed by atoms with E-state index in [4.69, 9.17) is 4.74 Å². The fraction of sp³-hybridized carbons (Fsp3) is 1.00. The molecule has 3 unspecified atom stereocenters. The van der Waals surface area contributed by atoms with E-state index < -0.39 is 0 Å². The van der Waals surface area contributed by atoms with E-state index >= 15 is 0 Å². The molecule has 3 aliphatic rings. The van der Waals surface area contributed by atoms with Crippen LogP contribution in [-0.2, 0) is 4.74 Å². The maximum Gasteiger partial charge on any atom is 0.124 e. The third-order valence-corrected chi connectivity index (χ3v) is 5.28. The molecule has 0 radical (unpaired) electrons. The largest absolute Gasteiger partial charge is 0.381 e. The topological polar surface area (TPSA) is 12.5 Å². The minimum atomic E-state index is 0.800. The van der Waals surface area contributed by atoms with Gasteiger partial charge in [0.15, 0.2) is 0 Å². The molecule has 0 bridgehead atoms. The lowest BCUT2D eigenvalue weighted by Crippen LogP contribution is -2.42.